The zero-order valence-corrected chi connectivity index (χ0v) is 59.3. The molecule has 0 spiro atoms. The van der Waals surface area contributed by atoms with Crippen LogP contribution in [0.1, 0.15) is 457 Å². The maximum absolute atomic E-state index is 12.6. The molecule has 1 amide bonds. The monoisotopic (exact) mass is 1220 g/mol. The van der Waals surface area contributed by atoms with Gasteiger partial charge in [0.15, 0.2) is 0 Å². The van der Waals surface area contributed by atoms with Gasteiger partial charge in [-0.15, -0.1) is 0 Å². The minimum Gasteiger partial charge on any atom is -0.466 e. The Labute approximate surface area is 545 Å². The third kappa shape index (κ3) is 73.3. The van der Waals surface area contributed by atoms with E-state index in [1.807, 2.05) is 0 Å². The summed E-state index contributed by atoms with van der Waals surface area (Å²) in [7, 11) is 0. The van der Waals surface area contributed by atoms with Crippen LogP contribution in [0.5, 0.6) is 0 Å². The second kappa shape index (κ2) is 76.8. The molecule has 2 unspecified atom stereocenters. The molecule has 0 bridgehead atoms. The number of hydrogen-bond acceptors (Lipinski definition) is 5. The number of unbranched alkanes of at least 4 members (excludes halogenated alkanes) is 61. The summed E-state index contributed by atoms with van der Waals surface area (Å²) in [6.07, 6.45) is 98.4. The highest BCUT2D eigenvalue weighted by Gasteiger charge is 2.20. The zero-order chi connectivity index (χ0) is 62.8. The normalized spacial score (nSPS) is 12.6. The summed E-state index contributed by atoms with van der Waals surface area (Å²) in [4.78, 5) is 24.7. The van der Waals surface area contributed by atoms with Crippen LogP contribution in [0.2, 0.25) is 0 Å². The molecule has 2 atom stereocenters. The Balaban J connectivity index is 3.35. The van der Waals surface area contributed by atoms with Gasteiger partial charge in [-0.2, -0.15) is 0 Å². The van der Waals surface area contributed by atoms with Gasteiger partial charge >= 0.3 is 5.97 Å². The molecular formula is C81H157NO5. The molecule has 0 aromatic carbocycles. The molecule has 516 valence electrons. The molecule has 0 aromatic rings. The van der Waals surface area contributed by atoms with E-state index in [1.165, 1.54) is 379 Å². The van der Waals surface area contributed by atoms with Crippen molar-refractivity contribution in [2.24, 2.45) is 0 Å². The van der Waals surface area contributed by atoms with E-state index in [9.17, 15) is 19.8 Å². The fraction of sp³-hybridized carbons (Fsp3) is 0.926. The minimum atomic E-state index is -0.664. The Kier molecular flexibility index (Phi) is 75.3. The van der Waals surface area contributed by atoms with E-state index >= 15 is 0 Å². The van der Waals surface area contributed by atoms with Crippen LogP contribution < -0.4 is 5.32 Å². The summed E-state index contributed by atoms with van der Waals surface area (Å²) in [6, 6.07) is -0.541. The highest BCUT2D eigenvalue weighted by molar-refractivity contribution is 5.76. The van der Waals surface area contributed by atoms with Crippen molar-refractivity contribution < 1.29 is 24.5 Å². The number of nitrogens with one attached hydrogen (secondary N) is 1. The van der Waals surface area contributed by atoms with Gasteiger partial charge in [0, 0.05) is 12.8 Å². The van der Waals surface area contributed by atoms with Gasteiger partial charge in [-0.1, -0.05) is 391 Å². The second-order valence-electron chi connectivity index (χ2n) is 27.7. The fourth-order valence-electron chi connectivity index (χ4n) is 12.9. The molecule has 0 heterocycles. The lowest BCUT2D eigenvalue weighted by Crippen LogP contribution is -2.45. The van der Waals surface area contributed by atoms with E-state index in [1.54, 1.807) is 0 Å². The first-order chi connectivity index (χ1) is 43.0. The second-order valence-corrected chi connectivity index (χ2v) is 27.7. The van der Waals surface area contributed by atoms with Crippen LogP contribution in [0.3, 0.4) is 0 Å². The summed E-state index contributed by atoms with van der Waals surface area (Å²) in [5.74, 6) is -0.0117. The van der Waals surface area contributed by atoms with Crippen LogP contribution in [0.15, 0.2) is 24.3 Å². The molecule has 6 nitrogen and oxygen atoms in total. The standard InChI is InChI=1S/C81H157NO5/c1-3-5-7-9-11-13-15-17-19-21-23-35-38-41-45-49-53-57-61-65-69-73-79(84)78(77-83)82-80(85)74-70-66-62-58-54-50-46-42-39-36-33-31-29-27-25-24-26-28-30-32-34-37-40-44-48-52-56-60-64-68-72-76-87-81(86)75-71-67-63-59-55-51-47-43-22-20-18-16-14-12-10-8-6-4-2/h20,22,26,28,78-79,83-84H,3-19,21,23-25,27,29-77H2,1-2H3,(H,82,85)/b22-20-,28-26-. The van der Waals surface area contributed by atoms with E-state index in [-0.39, 0.29) is 18.5 Å². The molecule has 0 aliphatic rings. The molecule has 0 aliphatic carbocycles. The molecular weight excluding hydrogens is 1070 g/mol. The Morgan fingerprint density at radius 1 is 0.310 bits per heavy atom. The third-order valence-electron chi connectivity index (χ3n) is 19.0. The van der Waals surface area contributed by atoms with E-state index in [4.69, 9.17) is 4.74 Å². The Bertz CT molecular complexity index is 1360. The predicted molar refractivity (Wildman–Crippen MR) is 384 cm³/mol. The summed E-state index contributed by atoms with van der Waals surface area (Å²) >= 11 is 0. The molecule has 0 radical (unpaired) electrons. The van der Waals surface area contributed by atoms with Gasteiger partial charge in [0.05, 0.1) is 25.4 Å². The number of aliphatic hydroxyl groups excluding tert-OH is 2. The summed E-state index contributed by atoms with van der Waals surface area (Å²) in [5.41, 5.74) is 0. The number of esters is 1. The van der Waals surface area contributed by atoms with Crippen LogP contribution in [0.25, 0.3) is 0 Å². The van der Waals surface area contributed by atoms with Crippen molar-refractivity contribution in [1.82, 2.24) is 5.32 Å². The predicted octanol–water partition coefficient (Wildman–Crippen LogP) is 26.4. The van der Waals surface area contributed by atoms with Gasteiger partial charge < -0.3 is 20.3 Å². The van der Waals surface area contributed by atoms with Gasteiger partial charge in [-0.25, -0.2) is 0 Å². The number of rotatable bonds is 76. The summed E-state index contributed by atoms with van der Waals surface area (Å²) in [5, 5.41) is 23.5. The van der Waals surface area contributed by atoms with Crippen molar-refractivity contribution in [3.05, 3.63) is 24.3 Å². The van der Waals surface area contributed by atoms with Gasteiger partial charge in [0.2, 0.25) is 5.91 Å². The average molecular weight is 1230 g/mol. The number of allylic oxidation sites excluding steroid dienone is 4. The molecule has 0 saturated carbocycles. The quantitative estimate of drug-likeness (QED) is 0.0320. The van der Waals surface area contributed by atoms with E-state index < -0.39 is 12.1 Å². The Morgan fingerprint density at radius 3 is 0.816 bits per heavy atom. The average Bonchev–Trinajstić information content (AvgIpc) is 3.52. The van der Waals surface area contributed by atoms with Crippen molar-refractivity contribution in [3.63, 3.8) is 0 Å². The number of carbonyl (C=O) groups excluding carboxylic acids is 2. The number of ether oxygens (including phenoxy) is 1. The number of hydrogen-bond donors (Lipinski definition) is 3. The largest absolute Gasteiger partial charge is 0.466 e. The number of amides is 1. The Hall–Kier alpha value is -1.66. The Morgan fingerprint density at radius 2 is 0.540 bits per heavy atom. The lowest BCUT2D eigenvalue weighted by molar-refractivity contribution is -0.143. The highest BCUT2D eigenvalue weighted by Crippen LogP contribution is 2.20. The van der Waals surface area contributed by atoms with Crippen LogP contribution in [-0.4, -0.2) is 47.4 Å². The van der Waals surface area contributed by atoms with Crippen molar-refractivity contribution in [1.29, 1.82) is 0 Å². The van der Waals surface area contributed by atoms with Crippen LogP contribution in [0.4, 0.5) is 0 Å². The topological polar surface area (TPSA) is 95.9 Å². The van der Waals surface area contributed by atoms with Crippen molar-refractivity contribution in [2.75, 3.05) is 13.2 Å². The molecule has 3 N–H and O–H groups in total. The third-order valence-corrected chi connectivity index (χ3v) is 19.0. The van der Waals surface area contributed by atoms with Crippen LogP contribution in [-0.2, 0) is 14.3 Å². The molecule has 6 heteroatoms. The minimum absolute atomic E-state index is 0.0159. The first kappa shape index (κ1) is 85.3. The summed E-state index contributed by atoms with van der Waals surface area (Å²) in [6.45, 7) is 5.00. The van der Waals surface area contributed by atoms with E-state index in [2.05, 4.69) is 43.5 Å². The molecule has 0 aliphatic heterocycles. The molecule has 0 fully saturated rings. The van der Waals surface area contributed by atoms with Crippen molar-refractivity contribution in [3.8, 4) is 0 Å². The fourth-order valence-corrected chi connectivity index (χ4v) is 12.9. The van der Waals surface area contributed by atoms with Crippen molar-refractivity contribution >= 4 is 11.9 Å². The molecule has 87 heavy (non-hydrogen) atoms. The summed E-state index contributed by atoms with van der Waals surface area (Å²) < 4.78 is 5.51. The number of aliphatic hydroxyl groups is 2. The molecule has 0 rings (SSSR count). The maximum atomic E-state index is 12.6. The van der Waals surface area contributed by atoms with Crippen molar-refractivity contribution in [2.45, 2.75) is 469 Å². The van der Waals surface area contributed by atoms with Crippen LogP contribution >= 0.6 is 0 Å². The maximum Gasteiger partial charge on any atom is 0.305 e. The lowest BCUT2D eigenvalue weighted by Gasteiger charge is -2.22. The first-order valence-electron chi connectivity index (χ1n) is 40.1. The lowest BCUT2D eigenvalue weighted by atomic mass is 10.0. The molecule has 0 aromatic heterocycles. The SMILES string of the molecule is CCCCCCCCC/C=C\CCCCCCCCCC(=O)OCCCCCCCCCCCCCC/C=C\CCCCCCCCCCCCCCCCCC(=O)NC(CO)C(O)CCCCCCCCCCCCCCCCCCCCCCC. The smallest absolute Gasteiger partial charge is 0.305 e. The van der Waals surface area contributed by atoms with E-state index in [0.29, 0.717) is 25.9 Å². The van der Waals surface area contributed by atoms with Gasteiger partial charge in [-0.3, -0.25) is 9.59 Å². The van der Waals surface area contributed by atoms with Gasteiger partial charge in [-0.05, 0) is 77.0 Å². The van der Waals surface area contributed by atoms with Crippen LogP contribution in [0, 0.1) is 0 Å². The first-order valence-corrected chi connectivity index (χ1v) is 40.1. The van der Waals surface area contributed by atoms with E-state index in [0.717, 1.165) is 44.9 Å². The number of carbonyl (C=O) groups is 2. The van der Waals surface area contributed by atoms with Gasteiger partial charge in [0.1, 0.15) is 0 Å². The zero-order valence-electron chi connectivity index (χ0n) is 59.3. The highest BCUT2D eigenvalue weighted by atomic mass is 16.5. The molecule has 0 saturated heterocycles. The van der Waals surface area contributed by atoms with Gasteiger partial charge in [0.25, 0.3) is 0 Å².